The largest absolute Gasteiger partial charge is 0.464 e. The molecule has 31 heavy (non-hydrogen) atoms. The zero-order valence-corrected chi connectivity index (χ0v) is 17.4. The van der Waals surface area contributed by atoms with Crippen molar-refractivity contribution in [1.82, 2.24) is 24.5 Å². The van der Waals surface area contributed by atoms with Crippen molar-refractivity contribution in [2.45, 2.75) is 19.4 Å². The van der Waals surface area contributed by atoms with E-state index >= 15 is 0 Å². The summed E-state index contributed by atoms with van der Waals surface area (Å²) < 4.78 is 21.7. The Morgan fingerprint density at radius 1 is 1.03 bits per heavy atom. The van der Waals surface area contributed by atoms with Gasteiger partial charge in [-0.25, -0.2) is 9.37 Å². The van der Waals surface area contributed by atoms with Crippen molar-refractivity contribution in [3.63, 3.8) is 0 Å². The van der Waals surface area contributed by atoms with Gasteiger partial charge in [-0.2, -0.15) is 0 Å². The third-order valence-corrected chi connectivity index (χ3v) is 5.46. The number of hydrogen-bond donors (Lipinski definition) is 0. The third-order valence-electron chi connectivity index (χ3n) is 5.46. The van der Waals surface area contributed by atoms with Gasteiger partial charge in [0.25, 0.3) is 0 Å². The minimum atomic E-state index is -0.233. The molecule has 0 fully saturated rings. The van der Waals surface area contributed by atoms with Gasteiger partial charge in [0.1, 0.15) is 23.6 Å². The summed E-state index contributed by atoms with van der Waals surface area (Å²) in [7, 11) is 4.10. The number of nitrogens with zero attached hydrogens (tertiary/aromatic N) is 5. The molecule has 0 aliphatic rings. The molecule has 5 rings (SSSR count). The molecule has 0 saturated carbocycles. The van der Waals surface area contributed by atoms with Gasteiger partial charge in [0.15, 0.2) is 5.65 Å². The van der Waals surface area contributed by atoms with Crippen LogP contribution in [0.3, 0.4) is 0 Å². The van der Waals surface area contributed by atoms with Gasteiger partial charge in [-0.05, 0) is 55.4 Å². The lowest BCUT2D eigenvalue weighted by molar-refractivity contribution is 0.402. The van der Waals surface area contributed by atoms with Gasteiger partial charge in [0, 0.05) is 30.1 Å². The van der Waals surface area contributed by atoms with Crippen LogP contribution in [0.15, 0.2) is 65.7 Å². The maximum Gasteiger partial charge on any atom is 0.171 e. The Kier molecular flexibility index (Phi) is 4.95. The first-order valence-corrected chi connectivity index (χ1v) is 10.2. The fourth-order valence-corrected chi connectivity index (χ4v) is 3.98. The van der Waals surface area contributed by atoms with Crippen molar-refractivity contribution >= 4 is 16.6 Å². The molecule has 0 aliphatic carbocycles. The first kappa shape index (κ1) is 19.4. The van der Waals surface area contributed by atoms with E-state index in [1.165, 1.54) is 11.6 Å². The summed E-state index contributed by atoms with van der Waals surface area (Å²) in [5.74, 6) is 0.552. The van der Waals surface area contributed by atoms with E-state index < -0.39 is 0 Å². The highest BCUT2D eigenvalue weighted by atomic mass is 19.1. The molecule has 0 amide bonds. The fraction of sp³-hybridized carbons (Fsp3) is 0.208. The van der Waals surface area contributed by atoms with Gasteiger partial charge in [0.2, 0.25) is 0 Å². The highest BCUT2D eigenvalue weighted by Crippen LogP contribution is 2.26. The molecular formula is C24H22FN5O. The Morgan fingerprint density at radius 3 is 2.68 bits per heavy atom. The van der Waals surface area contributed by atoms with Crippen LogP contribution in [-0.2, 0) is 19.4 Å². The second-order valence-electron chi connectivity index (χ2n) is 7.91. The summed E-state index contributed by atoms with van der Waals surface area (Å²) in [6.07, 6.45) is 6.13. The van der Waals surface area contributed by atoms with E-state index in [0.29, 0.717) is 24.0 Å². The lowest BCUT2D eigenvalue weighted by atomic mass is 10.0. The Morgan fingerprint density at radius 2 is 1.87 bits per heavy atom. The SMILES string of the molecule is CN(C)Cc1ccc(-c2cnc(CCc3c(F)ccc4occc34)n3cnnc23)cc1. The number of halogens is 1. The van der Waals surface area contributed by atoms with Crippen LogP contribution in [0, 0.1) is 5.82 Å². The van der Waals surface area contributed by atoms with Crippen molar-refractivity contribution in [2.75, 3.05) is 14.1 Å². The molecule has 3 heterocycles. The van der Waals surface area contributed by atoms with Crippen molar-refractivity contribution < 1.29 is 8.81 Å². The van der Waals surface area contributed by atoms with Gasteiger partial charge < -0.3 is 9.32 Å². The van der Waals surface area contributed by atoms with E-state index in [1.54, 1.807) is 24.7 Å². The van der Waals surface area contributed by atoms with Crippen molar-refractivity contribution in [3.05, 3.63) is 84.0 Å². The lowest BCUT2D eigenvalue weighted by Crippen LogP contribution is -2.10. The minimum Gasteiger partial charge on any atom is -0.464 e. The van der Waals surface area contributed by atoms with Crippen LogP contribution in [0.1, 0.15) is 17.0 Å². The zero-order chi connectivity index (χ0) is 21.4. The average Bonchev–Trinajstić information content (AvgIpc) is 3.43. The molecule has 0 unspecified atom stereocenters. The molecule has 6 nitrogen and oxygen atoms in total. The quantitative estimate of drug-likeness (QED) is 0.408. The van der Waals surface area contributed by atoms with Gasteiger partial charge in [0.05, 0.1) is 6.26 Å². The van der Waals surface area contributed by atoms with Crippen LogP contribution in [0.4, 0.5) is 4.39 Å². The molecule has 0 bridgehead atoms. The van der Waals surface area contributed by atoms with E-state index in [4.69, 9.17) is 4.42 Å². The number of furan rings is 1. The Balaban J connectivity index is 1.45. The van der Waals surface area contributed by atoms with Crippen molar-refractivity contribution in [3.8, 4) is 11.1 Å². The first-order valence-electron chi connectivity index (χ1n) is 10.2. The van der Waals surface area contributed by atoms with Gasteiger partial charge in [-0.1, -0.05) is 24.3 Å². The van der Waals surface area contributed by atoms with Gasteiger partial charge >= 0.3 is 0 Å². The molecule has 156 valence electrons. The van der Waals surface area contributed by atoms with E-state index in [-0.39, 0.29) is 5.82 Å². The second-order valence-corrected chi connectivity index (χ2v) is 7.91. The molecule has 0 saturated heterocycles. The lowest BCUT2D eigenvalue weighted by Gasteiger charge is -2.11. The Hall–Kier alpha value is -3.58. The second kappa shape index (κ2) is 7.92. The minimum absolute atomic E-state index is 0.233. The summed E-state index contributed by atoms with van der Waals surface area (Å²) in [5, 5.41) is 9.21. The summed E-state index contributed by atoms with van der Waals surface area (Å²) in [5.41, 5.74) is 5.26. The smallest absolute Gasteiger partial charge is 0.171 e. The predicted molar refractivity (Wildman–Crippen MR) is 117 cm³/mol. The zero-order valence-electron chi connectivity index (χ0n) is 17.4. The van der Waals surface area contributed by atoms with Gasteiger partial charge in [-0.15, -0.1) is 10.2 Å². The molecule has 3 aromatic heterocycles. The highest BCUT2D eigenvalue weighted by molar-refractivity contribution is 5.81. The van der Waals surface area contributed by atoms with Crippen LogP contribution >= 0.6 is 0 Å². The molecule has 0 radical (unpaired) electrons. The Labute approximate surface area is 179 Å². The standard InChI is InChI=1S/C24H22FN5O/c1-29(2)14-16-3-5-17(6-4-16)20-13-26-23(30-15-27-28-24(20)30)10-7-18-19-11-12-31-22(19)9-8-21(18)25/h3-6,8-9,11-13,15H,7,10,14H2,1-2H3. The Bertz CT molecular complexity index is 1350. The van der Waals surface area contributed by atoms with Crippen LogP contribution in [0.2, 0.25) is 0 Å². The van der Waals surface area contributed by atoms with Crippen molar-refractivity contribution in [1.29, 1.82) is 0 Å². The van der Waals surface area contributed by atoms with E-state index in [2.05, 4.69) is 58.4 Å². The van der Waals surface area contributed by atoms with Crippen LogP contribution in [0.5, 0.6) is 0 Å². The number of benzene rings is 2. The monoisotopic (exact) mass is 415 g/mol. The fourth-order valence-electron chi connectivity index (χ4n) is 3.98. The number of aromatic nitrogens is 4. The maximum atomic E-state index is 14.5. The van der Waals surface area contributed by atoms with Crippen molar-refractivity contribution in [2.24, 2.45) is 0 Å². The number of hydrogen-bond acceptors (Lipinski definition) is 5. The number of rotatable bonds is 6. The summed E-state index contributed by atoms with van der Waals surface area (Å²) in [6.45, 7) is 0.887. The summed E-state index contributed by atoms with van der Waals surface area (Å²) in [4.78, 5) is 6.80. The van der Waals surface area contributed by atoms with E-state index in [0.717, 1.165) is 34.5 Å². The normalized spacial score (nSPS) is 11.7. The van der Waals surface area contributed by atoms with Crippen LogP contribution in [0.25, 0.3) is 27.7 Å². The van der Waals surface area contributed by atoms with Crippen LogP contribution in [-0.4, -0.2) is 38.6 Å². The molecule has 0 spiro atoms. The first-order chi connectivity index (χ1) is 15.1. The molecule has 0 N–H and O–H groups in total. The molecular weight excluding hydrogens is 393 g/mol. The molecule has 2 aromatic carbocycles. The maximum absolute atomic E-state index is 14.5. The summed E-state index contributed by atoms with van der Waals surface area (Å²) in [6, 6.07) is 13.3. The number of fused-ring (bicyclic) bond motifs is 2. The molecule has 5 aromatic rings. The van der Waals surface area contributed by atoms with E-state index in [9.17, 15) is 4.39 Å². The van der Waals surface area contributed by atoms with Crippen LogP contribution < -0.4 is 0 Å². The molecule has 7 heteroatoms. The topological polar surface area (TPSA) is 59.5 Å². The number of aryl methyl sites for hydroxylation is 2. The summed E-state index contributed by atoms with van der Waals surface area (Å²) >= 11 is 0. The predicted octanol–water partition coefficient (Wildman–Crippen LogP) is 4.52. The van der Waals surface area contributed by atoms with Gasteiger partial charge in [-0.3, -0.25) is 4.40 Å². The highest BCUT2D eigenvalue weighted by Gasteiger charge is 2.14. The molecule has 0 aliphatic heterocycles. The average molecular weight is 415 g/mol. The third kappa shape index (κ3) is 3.68. The molecule has 0 atom stereocenters. The van der Waals surface area contributed by atoms with E-state index in [1.807, 2.05) is 10.6 Å².